The first-order valence-electron chi connectivity index (χ1n) is 9.22. The van der Waals surface area contributed by atoms with Crippen LogP contribution in [0.25, 0.3) is 11.3 Å². The first-order valence-corrected chi connectivity index (χ1v) is 10.3. The van der Waals surface area contributed by atoms with E-state index < -0.39 is 64.0 Å². The lowest BCUT2D eigenvalue weighted by Gasteiger charge is -2.16. The van der Waals surface area contributed by atoms with Crippen molar-refractivity contribution in [1.29, 1.82) is 0 Å². The van der Waals surface area contributed by atoms with Crippen LogP contribution in [-0.4, -0.2) is 46.7 Å². The molecule has 0 spiro atoms. The molecular weight excluding hydrogens is 480 g/mol. The van der Waals surface area contributed by atoms with Gasteiger partial charge in [0.25, 0.3) is 0 Å². The maximum atomic E-state index is 13.4. The molecule has 0 aliphatic carbocycles. The molecule has 1 fully saturated rings. The lowest BCUT2D eigenvalue weighted by Crippen LogP contribution is -2.44. The highest BCUT2D eigenvalue weighted by molar-refractivity contribution is 7.73. The fourth-order valence-corrected chi connectivity index (χ4v) is 4.00. The van der Waals surface area contributed by atoms with Crippen molar-refractivity contribution in [3.63, 3.8) is 0 Å². The molecule has 3 heterocycles. The second-order valence-electron chi connectivity index (χ2n) is 7.11. The molecule has 1 aliphatic heterocycles. The Balaban J connectivity index is 1.89. The van der Waals surface area contributed by atoms with Gasteiger partial charge in [-0.1, -0.05) is 6.92 Å². The number of halogens is 6. The summed E-state index contributed by atoms with van der Waals surface area (Å²) in [4.78, 5) is 22.2. The molecule has 15 heteroatoms. The number of aromatic nitrogens is 3. The Hall–Kier alpha value is -3.07. The highest BCUT2D eigenvalue weighted by atomic mass is 32.2. The van der Waals surface area contributed by atoms with Crippen molar-refractivity contribution in [2.75, 3.05) is 6.54 Å². The molecule has 2 aromatic heterocycles. The summed E-state index contributed by atoms with van der Waals surface area (Å²) in [6.45, 7) is 1.13. The average Bonchev–Trinajstić information content (AvgIpc) is 3.12. The molecule has 0 saturated carbocycles. The molecular formula is C18H15F6N5O3S. The minimum Gasteiger partial charge on any atom is -0.350 e. The van der Waals surface area contributed by atoms with Gasteiger partial charge in [0.1, 0.15) is 6.04 Å². The van der Waals surface area contributed by atoms with Gasteiger partial charge in [-0.05, 0) is 11.6 Å². The summed E-state index contributed by atoms with van der Waals surface area (Å²) in [7, 11) is -2.67. The van der Waals surface area contributed by atoms with E-state index in [-0.39, 0.29) is 22.7 Å². The van der Waals surface area contributed by atoms with Crippen LogP contribution >= 0.6 is 0 Å². The Kier molecular flexibility index (Phi) is 6.74. The van der Waals surface area contributed by atoms with E-state index in [0.717, 1.165) is 18.5 Å². The van der Waals surface area contributed by atoms with Gasteiger partial charge in [0.2, 0.25) is 22.0 Å². The van der Waals surface area contributed by atoms with Crippen LogP contribution in [0.4, 0.5) is 26.3 Å². The first kappa shape index (κ1) is 24.6. The number of amides is 1. The smallest absolute Gasteiger partial charge is 0.350 e. The molecule has 2 atom stereocenters. The lowest BCUT2D eigenvalue weighted by molar-refractivity contribution is -0.145. The maximum absolute atomic E-state index is 13.4. The van der Waals surface area contributed by atoms with Gasteiger partial charge in [-0.2, -0.15) is 34.8 Å². The SMILES string of the molecule is CC1CNC(C(=O)NCc2cc(-c3cnc(C(F)(F)F)nc3)ncc2C(F)(F)F)C1=S(=O)=O. The minimum atomic E-state index is -4.84. The molecule has 0 aromatic carbocycles. The number of hydrogen-bond acceptors (Lipinski definition) is 7. The van der Waals surface area contributed by atoms with Gasteiger partial charge in [-0.25, -0.2) is 9.97 Å². The van der Waals surface area contributed by atoms with Crippen LogP contribution < -0.4 is 10.6 Å². The van der Waals surface area contributed by atoms with Crippen LogP contribution in [0.2, 0.25) is 0 Å². The second kappa shape index (κ2) is 9.05. The second-order valence-corrected chi connectivity index (χ2v) is 8.06. The number of hydrogen-bond donors (Lipinski definition) is 2. The van der Waals surface area contributed by atoms with Crippen molar-refractivity contribution in [3.05, 3.63) is 41.6 Å². The zero-order chi connectivity index (χ0) is 24.6. The third-order valence-corrected chi connectivity index (χ3v) is 5.83. The third kappa shape index (κ3) is 5.47. The maximum Gasteiger partial charge on any atom is 0.451 e. The summed E-state index contributed by atoms with van der Waals surface area (Å²) in [5.74, 6) is -2.73. The Morgan fingerprint density at radius 3 is 2.27 bits per heavy atom. The molecule has 0 bridgehead atoms. The van der Waals surface area contributed by atoms with Crippen LogP contribution in [0.3, 0.4) is 0 Å². The number of carbonyl (C=O) groups excluding carboxylic acids is 1. The molecule has 2 unspecified atom stereocenters. The van der Waals surface area contributed by atoms with E-state index in [2.05, 4.69) is 25.6 Å². The van der Waals surface area contributed by atoms with Crippen molar-refractivity contribution in [2.45, 2.75) is 31.9 Å². The van der Waals surface area contributed by atoms with E-state index in [9.17, 15) is 39.6 Å². The van der Waals surface area contributed by atoms with E-state index in [1.54, 1.807) is 6.92 Å². The van der Waals surface area contributed by atoms with Crippen molar-refractivity contribution < 1.29 is 39.6 Å². The van der Waals surface area contributed by atoms with Gasteiger partial charge >= 0.3 is 12.4 Å². The zero-order valence-corrected chi connectivity index (χ0v) is 17.4. The topological polar surface area (TPSA) is 114 Å². The van der Waals surface area contributed by atoms with Gasteiger partial charge in [-0.3, -0.25) is 9.78 Å². The Morgan fingerprint density at radius 1 is 1.09 bits per heavy atom. The van der Waals surface area contributed by atoms with E-state index in [4.69, 9.17) is 0 Å². The third-order valence-electron chi connectivity index (χ3n) is 4.80. The van der Waals surface area contributed by atoms with Crippen LogP contribution in [-0.2, 0) is 34.0 Å². The van der Waals surface area contributed by atoms with Crippen molar-refractivity contribution in [2.24, 2.45) is 5.92 Å². The normalized spacial score (nSPS) is 18.9. The van der Waals surface area contributed by atoms with Crippen molar-refractivity contribution >= 4 is 21.1 Å². The molecule has 2 aromatic rings. The fraction of sp³-hybridized carbons (Fsp3) is 0.389. The number of nitrogens with zero attached hydrogens (tertiary/aromatic N) is 3. The summed E-state index contributed by atoms with van der Waals surface area (Å²) >= 11 is 0. The molecule has 1 amide bonds. The first-order chi connectivity index (χ1) is 15.3. The summed E-state index contributed by atoms with van der Waals surface area (Å²) in [5, 5.41) is 4.95. The highest BCUT2D eigenvalue weighted by Crippen LogP contribution is 2.33. The molecule has 3 rings (SSSR count). The van der Waals surface area contributed by atoms with E-state index >= 15 is 0 Å². The zero-order valence-electron chi connectivity index (χ0n) is 16.6. The minimum absolute atomic E-state index is 0.0760. The molecule has 178 valence electrons. The average molecular weight is 495 g/mol. The quantitative estimate of drug-likeness (QED) is 0.492. The Bertz CT molecular complexity index is 1190. The summed E-state index contributed by atoms with van der Waals surface area (Å²) < 4.78 is 101. The van der Waals surface area contributed by atoms with Gasteiger partial charge < -0.3 is 10.6 Å². The van der Waals surface area contributed by atoms with Crippen LogP contribution in [0.15, 0.2) is 24.7 Å². The van der Waals surface area contributed by atoms with Gasteiger partial charge in [0.15, 0.2) is 0 Å². The monoisotopic (exact) mass is 495 g/mol. The Morgan fingerprint density at radius 2 is 1.73 bits per heavy atom. The van der Waals surface area contributed by atoms with Crippen molar-refractivity contribution in [1.82, 2.24) is 25.6 Å². The standard InChI is InChI=1S/C18H15F6N5O3S/c1-8-3-26-13(14(8)33(31)32)15(30)27-4-9-2-12(25-7-11(9)17(19,20)21)10-5-28-16(29-6-10)18(22,23)24/h2,5-8,13,26H,3-4H2,1H3,(H,27,30). The number of alkyl halides is 6. The van der Waals surface area contributed by atoms with Gasteiger partial charge in [-0.15, -0.1) is 0 Å². The number of nitrogens with one attached hydrogen (secondary N) is 2. The number of carbonyl (C=O) groups is 1. The number of rotatable bonds is 4. The van der Waals surface area contributed by atoms with Crippen LogP contribution in [0, 0.1) is 5.92 Å². The largest absolute Gasteiger partial charge is 0.451 e. The molecule has 0 radical (unpaired) electrons. The van der Waals surface area contributed by atoms with E-state index in [0.29, 0.717) is 6.20 Å². The van der Waals surface area contributed by atoms with E-state index in [1.165, 1.54) is 0 Å². The molecule has 33 heavy (non-hydrogen) atoms. The van der Waals surface area contributed by atoms with Gasteiger partial charge in [0.05, 0.1) is 16.1 Å². The lowest BCUT2D eigenvalue weighted by atomic mass is 10.1. The molecule has 1 saturated heterocycles. The molecule has 2 N–H and O–H groups in total. The predicted molar refractivity (Wildman–Crippen MR) is 102 cm³/mol. The molecule has 8 nitrogen and oxygen atoms in total. The predicted octanol–water partition coefficient (Wildman–Crippen LogP) is 1.85. The van der Waals surface area contributed by atoms with Gasteiger partial charge in [0, 0.05) is 43.2 Å². The number of pyridine rings is 1. The summed E-state index contributed by atoms with van der Waals surface area (Å²) in [6.07, 6.45) is -7.62. The van der Waals surface area contributed by atoms with Crippen molar-refractivity contribution in [3.8, 4) is 11.3 Å². The fourth-order valence-electron chi connectivity index (χ4n) is 3.21. The highest BCUT2D eigenvalue weighted by Gasteiger charge is 2.37. The van der Waals surface area contributed by atoms with Crippen LogP contribution in [0.5, 0.6) is 0 Å². The summed E-state index contributed by atoms with van der Waals surface area (Å²) in [5.41, 5.74) is -1.84. The van der Waals surface area contributed by atoms with E-state index in [1.807, 2.05) is 0 Å². The molecule has 1 aliphatic rings. The van der Waals surface area contributed by atoms with Crippen LogP contribution in [0.1, 0.15) is 23.9 Å². The summed E-state index contributed by atoms with van der Waals surface area (Å²) in [6, 6.07) is -0.284. The Labute approximate surface area is 184 Å².